The lowest BCUT2D eigenvalue weighted by Crippen LogP contribution is -2.23. The van der Waals surface area contributed by atoms with Crippen LogP contribution in [0.1, 0.15) is 18.4 Å². The standard InChI is InChI=1S/C14H13FN2O2S/c15-10-3-4-11(18)9(7-10)8-12-13(19)16-14(20-12)17-5-1-2-6-17/h3-4,7-8,18H,1-2,5-6H2/b12-8+. The summed E-state index contributed by atoms with van der Waals surface area (Å²) >= 11 is 1.28. The Balaban J connectivity index is 1.83. The molecule has 0 radical (unpaired) electrons. The highest BCUT2D eigenvalue weighted by Gasteiger charge is 2.27. The first-order valence-electron chi connectivity index (χ1n) is 6.39. The lowest BCUT2D eigenvalue weighted by atomic mass is 10.2. The molecule has 2 aliphatic rings. The van der Waals surface area contributed by atoms with Gasteiger partial charge >= 0.3 is 0 Å². The van der Waals surface area contributed by atoms with Crippen LogP contribution in [0.5, 0.6) is 5.75 Å². The third-order valence-electron chi connectivity index (χ3n) is 3.26. The Morgan fingerprint density at radius 3 is 2.85 bits per heavy atom. The maximum Gasteiger partial charge on any atom is 0.286 e. The number of amides is 1. The first-order chi connectivity index (χ1) is 9.63. The minimum Gasteiger partial charge on any atom is -0.507 e. The number of benzene rings is 1. The molecule has 0 bridgehead atoms. The van der Waals surface area contributed by atoms with E-state index in [4.69, 9.17) is 0 Å². The van der Waals surface area contributed by atoms with Crippen molar-refractivity contribution in [2.45, 2.75) is 12.8 Å². The van der Waals surface area contributed by atoms with Crippen molar-refractivity contribution >= 4 is 28.9 Å². The van der Waals surface area contributed by atoms with E-state index in [9.17, 15) is 14.3 Å². The van der Waals surface area contributed by atoms with Gasteiger partial charge in [-0.25, -0.2) is 4.39 Å². The summed E-state index contributed by atoms with van der Waals surface area (Å²) in [6.45, 7) is 1.83. The van der Waals surface area contributed by atoms with E-state index < -0.39 is 5.82 Å². The lowest BCUT2D eigenvalue weighted by molar-refractivity contribution is -0.113. The zero-order chi connectivity index (χ0) is 14.1. The average Bonchev–Trinajstić information content (AvgIpc) is 3.04. The second-order valence-electron chi connectivity index (χ2n) is 4.71. The number of hydrogen-bond donors (Lipinski definition) is 1. The van der Waals surface area contributed by atoms with Crippen molar-refractivity contribution in [1.82, 2.24) is 4.90 Å². The Kier molecular flexibility index (Phi) is 3.48. The molecule has 20 heavy (non-hydrogen) atoms. The molecule has 1 N–H and O–H groups in total. The summed E-state index contributed by atoms with van der Waals surface area (Å²) in [4.78, 5) is 18.4. The number of carbonyl (C=O) groups is 1. The van der Waals surface area contributed by atoms with Crippen LogP contribution in [0, 0.1) is 5.82 Å². The van der Waals surface area contributed by atoms with Gasteiger partial charge in [0.05, 0.1) is 4.91 Å². The second kappa shape index (κ2) is 5.28. The number of hydrogen-bond acceptors (Lipinski definition) is 4. The number of aromatic hydroxyl groups is 1. The molecule has 1 saturated heterocycles. The molecule has 2 heterocycles. The van der Waals surface area contributed by atoms with Crippen LogP contribution in [0.4, 0.5) is 4.39 Å². The van der Waals surface area contributed by atoms with Gasteiger partial charge in [0.25, 0.3) is 5.91 Å². The van der Waals surface area contributed by atoms with Gasteiger partial charge in [-0.3, -0.25) is 4.79 Å². The Labute approximate surface area is 120 Å². The van der Waals surface area contributed by atoms with Crippen LogP contribution < -0.4 is 0 Å². The lowest BCUT2D eigenvalue weighted by Gasteiger charge is -2.14. The molecule has 1 amide bonds. The first kappa shape index (κ1) is 13.2. The number of likely N-dealkylation sites (tertiary alicyclic amines) is 1. The number of halogens is 1. The van der Waals surface area contributed by atoms with Crippen molar-refractivity contribution in [2.24, 2.45) is 4.99 Å². The van der Waals surface area contributed by atoms with Crippen molar-refractivity contribution < 1.29 is 14.3 Å². The fourth-order valence-electron chi connectivity index (χ4n) is 2.22. The summed E-state index contributed by atoms with van der Waals surface area (Å²) in [6, 6.07) is 3.64. The van der Waals surface area contributed by atoms with Crippen LogP contribution >= 0.6 is 11.8 Å². The third-order valence-corrected chi connectivity index (χ3v) is 4.31. The number of aliphatic imine (C=N–C) groups is 1. The van der Waals surface area contributed by atoms with Crippen molar-refractivity contribution in [3.05, 3.63) is 34.5 Å². The molecule has 1 fully saturated rings. The predicted molar refractivity (Wildman–Crippen MR) is 76.9 cm³/mol. The van der Waals surface area contributed by atoms with E-state index in [1.54, 1.807) is 0 Å². The molecule has 4 nitrogen and oxygen atoms in total. The molecule has 0 unspecified atom stereocenters. The minimum absolute atomic E-state index is 0.0538. The van der Waals surface area contributed by atoms with Gasteiger partial charge < -0.3 is 10.0 Å². The summed E-state index contributed by atoms with van der Waals surface area (Å²) in [7, 11) is 0. The molecule has 1 aromatic carbocycles. The molecule has 3 rings (SSSR count). The monoisotopic (exact) mass is 292 g/mol. The summed E-state index contributed by atoms with van der Waals surface area (Å²) < 4.78 is 13.2. The van der Waals surface area contributed by atoms with E-state index in [-0.39, 0.29) is 11.7 Å². The highest BCUT2D eigenvalue weighted by Crippen LogP contribution is 2.33. The van der Waals surface area contributed by atoms with Gasteiger partial charge in [0.1, 0.15) is 11.6 Å². The van der Waals surface area contributed by atoms with Crippen LogP contribution in [0.25, 0.3) is 6.08 Å². The zero-order valence-corrected chi connectivity index (χ0v) is 11.5. The smallest absolute Gasteiger partial charge is 0.286 e. The van der Waals surface area contributed by atoms with Gasteiger partial charge in [-0.05, 0) is 48.9 Å². The van der Waals surface area contributed by atoms with E-state index in [0.29, 0.717) is 15.6 Å². The highest BCUT2D eigenvalue weighted by molar-refractivity contribution is 8.18. The van der Waals surface area contributed by atoms with Crippen molar-refractivity contribution in [2.75, 3.05) is 13.1 Å². The van der Waals surface area contributed by atoms with Gasteiger partial charge in [-0.1, -0.05) is 0 Å². The number of phenols is 1. The number of amidine groups is 1. The summed E-state index contributed by atoms with van der Waals surface area (Å²) in [5.41, 5.74) is 0.290. The highest BCUT2D eigenvalue weighted by atomic mass is 32.2. The largest absolute Gasteiger partial charge is 0.507 e. The first-order valence-corrected chi connectivity index (χ1v) is 7.21. The topological polar surface area (TPSA) is 52.9 Å². The zero-order valence-electron chi connectivity index (χ0n) is 10.7. The average molecular weight is 292 g/mol. The molecule has 0 atom stereocenters. The third kappa shape index (κ3) is 2.56. The number of carbonyl (C=O) groups excluding carboxylic acids is 1. The molecule has 0 spiro atoms. The quantitative estimate of drug-likeness (QED) is 0.808. The van der Waals surface area contributed by atoms with Crippen LogP contribution in [0.15, 0.2) is 28.1 Å². The number of nitrogens with zero attached hydrogens (tertiary/aromatic N) is 2. The Morgan fingerprint density at radius 1 is 1.35 bits per heavy atom. The molecule has 0 aliphatic carbocycles. The van der Waals surface area contributed by atoms with E-state index in [1.807, 2.05) is 0 Å². The van der Waals surface area contributed by atoms with E-state index in [1.165, 1.54) is 36.0 Å². The molecular formula is C14H13FN2O2S. The predicted octanol–water partition coefficient (Wildman–Crippen LogP) is 2.60. The Hall–Kier alpha value is -1.82. The van der Waals surface area contributed by atoms with Crippen LogP contribution in [0.2, 0.25) is 0 Å². The Bertz CT molecular complexity index is 622. The molecule has 6 heteroatoms. The summed E-state index contributed by atoms with van der Waals surface area (Å²) in [6.07, 6.45) is 3.70. The van der Waals surface area contributed by atoms with Gasteiger partial charge in [0.2, 0.25) is 0 Å². The molecule has 0 saturated carbocycles. The van der Waals surface area contributed by atoms with Gasteiger partial charge in [-0.2, -0.15) is 4.99 Å². The van der Waals surface area contributed by atoms with Gasteiger partial charge in [-0.15, -0.1) is 0 Å². The summed E-state index contributed by atoms with van der Waals surface area (Å²) in [5, 5.41) is 10.4. The van der Waals surface area contributed by atoms with Crippen molar-refractivity contribution in [3.63, 3.8) is 0 Å². The second-order valence-corrected chi connectivity index (χ2v) is 5.72. The van der Waals surface area contributed by atoms with Gasteiger partial charge in [0, 0.05) is 18.7 Å². The van der Waals surface area contributed by atoms with Crippen LogP contribution in [-0.4, -0.2) is 34.2 Å². The minimum atomic E-state index is -0.453. The van der Waals surface area contributed by atoms with Crippen LogP contribution in [-0.2, 0) is 4.79 Å². The molecular weight excluding hydrogens is 279 g/mol. The van der Waals surface area contributed by atoms with E-state index in [0.717, 1.165) is 25.9 Å². The summed E-state index contributed by atoms with van der Waals surface area (Å²) in [5.74, 6) is -0.840. The fourth-order valence-corrected chi connectivity index (χ4v) is 3.18. The normalized spacial score (nSPS) is 20.9. The van der Waals surface area contributed by atoms with Crippen LogP contribution in [0.3, 0.4) is 0 Å². The van der Waals surface area contributed by atoms with E-state index in [2.05, 4.69) is 9.89 Å². The molecule has 0 aromatic heterocycles. The van der Waals surface area contributed by atoms with Crippen molar-refractivity contribution in [1.29, 1.82) is 0 Å². The Morgan fingerprint density at radius 2 is 2.10 bits per heavy atom. The maximum absolute atomic E-state index is 13.2. The number of phenolic OH excluding ortho intramolecular Hbond substituents is 1. The SMILES string of the molecule is O=C1N=C(N2CCCC2)S/C1=C/c1cc(F)ccc1O. The van der Waals surface area contributed by atoms with Gasteiger partial charge in [0.15, 0.2) is 5.17 Å². The number of rotatable bonds is 1. The number of thioether (sulfide) groups is 1. The van der Waals surface area contributed by atoms with Crippen molar-refractivity contribution in [3.8, 4) is 5.75 Å². The maximum atomic E-state index is 13.2. The molecule has 104 valence electrons. The molecule has 1 aromatic rings. The molecule has 2 aliphatic heterocycles. The van der Waals surface area contributed by atoms with E-state index >= 15 is 0 Å². The fraction of sp³-hybridized carbons (Fsp3) is 0.286.